The molecule has 112 valence electrons. The van der Waals surface area contributed by atoms with Gasteiger partial charge in [-0.3, -0.25) is 4.57 Å². The van der Waals surface area contributed by atoms with E-state index < -0.39 is 0 Å². The van der Waals surface area contributed by atoms with Gasteiger partial charge < -0.3 is 5.32 Å². The van der Waals surface area contributed by atoms with E-state index in [1.165, 1.54) is 32.1 Å². The van der Waals surface area contributed by atoms with Gasteiger partial charge in [0.2, 0.25) is 5.95 Å². The summed E-state index contributed by atoms with van der Waals surface area (Å²) in [4.78, 5) is 4.40. The van der Waals surface area contributed by atoms with Crippen LogP contribution in [0.2, 0.25) is 15.1 Å². The van der Waals surface area contributed by atoms with E-state index in [1.54, 1.807) is 18.3 Å². The first kappa shape index (κ1) is 15.0. The molecule has 0 amide bonds. The quantitative estimate of drug-likeness (QED) is 0.737. The van der Waals surface area contributed by atoms with E-state index in [0.717, 1.165) is 11.6 Å². The number of imidazole rings is 1. The lowest BCUT2D eigenvalue weighted by Crippen LogP contribution is -2.24. The molecule has 0 radical (unpaired) electrons. The third-order valence-electron chi connectivity index (χ3n) is 3.83. The SMILES string of the molecule is Clc1cc(Cl)c(-n2ccnc2NC2CCCCC2)cc1Cl. The summed E-state index contributed by atoms with van der Waals surface area (Å²) in [5, 5.41) is 4.99. The lowest BCUT2D eigenvalue weighted by atomic mass is 9.96. The Hall–Kier alpha value is -0.900. The van der Waals surface area contributed by atoms with Gasteiger partial charge in [0.25, 0.3) is 0 Å². The number of anilines is 1. The molecule has 3 rings (SSSR count). The Labute approximate surface area is 139 Å². The van der Waals surface area contributed by atoms with Crippen molar-refractivity contribution in [3.63, 3.8) is 0 Å². The van der Waals surface area contributed by atoms with E-state index in [-0.39, 0.29) is 0 Å². The molecule has 1 heterocycles. The summed E-state index contributed by atoms with van der Waals surface area (Å²) in [5.74, 6) is 0.794. The van der Waals surface area contributed by atoms with E-state index in [4.69, 9.17) is 34.8 Å². The van der Waals surface area contributed by atoms with Crippen LogP contribution >= 0.6 is 34.8 Å². The fraction of sp³-hybridized carbons (Fsp3) is 0.400. The zero-order chi connectivity index (χ0) is 14.8. The summed E-state index contributed by atoms with van der Waals surface area (Å²) < 4.78 is 1.92. The van der Waals surface area contributed by atoms with Crippen molar-refractivity contribution in [3.05, 3.63) is 39.6 Å². The molecular formula is C15H16Cl3N3. The third kappa shape index (κ3) is 3.31. The number of nitrogens with one attached hydrogen (secondary N) is 1. The Morgan fingerprint density at radius 2 is 1.71 bits per heavy atom. The molecule has 0 bridgehead atoms. The first-order valence-electron chi connectivity index (χ1n) is 7.10. The molecule has 6 heteroatoms. The second-order valence-corrected chi connectivity index (χ2v) is 6.54. The molecule has 0 atom stereocenters. The summed E-state index contributed by atoms with van der Waals surface area (Å²) in [7, 11) is 0. The molecule has 1 aliphatic carbocycles. The van der Waals surface area contributed by atoms with Crippen molar-refractivity contribution < 1.29 is 0 Å². The van der Waals surface area contributed by atoms with E-state index in [1.807, 2.05) is 10.8 Å². The van der Waals surface area contributed by atoms with Gasteiger partial charge in [-0.25, -0.2) is 4.98 Å². The van der Waals surface area contributed by atoms with Gasteiger partial charge in [-0.2, -0.15) is 0 Å². The van der Waals surface area contributed by atoms with Gasteiger partial charge in [0.1, 0.15) is 0 Å². The molecule has 0 unspecified atom stereocenters. The van der Waals surface area contributed by atoms with E-state index in [9.17, 15) is 0 Å². The Morgan fingerprint density at radius 3 is 2.48 bits per heavy atom. The predicted molar refractivity (Wildman–Crippen MR) is 89.1 cm³/mol. The van der Waals surface area contributed by atoms with E-state index in [0.29, 0.717) is 21.1 Å². The van der Waals surface area contributed by atoms with Crippen LogP contribution in [0.1, 0.15) is 32.1 Å². The summed E-state index contributed by atoms with van der Waals surface area (Å²) in [5.41, 5.74) is 0.780. The van der Waals surface area contributed by atoms with Crippen LogP contribution in [0.25, 0.3) is 5.69 Å². The molecule has 1 saturated carbocycles. The number of hydrogen-bond acceptors (Lipinski definition) is 2. The molecule has 0 aliphatic heterocycles. The third-order valence-corrected chi connectivity index (χ3v) is 4.85. The van der Waals surface area contributed by atoms with Crippen LogP contribution in [0.5, 0.6) is 0 Å². The van der Waals surface area contributed by atoms with Crippen LogP contribution < -0.4 is 5.32 Å². The minimum Gasteiger partial charge on any atom is -0.353 e. The minimum atomic E-state index is 0.451. The average Bonchev–Trinajstić information content (AvgIpc) is 2.92. The monoisotopic (exact) mass is 343 g/mol. The number of aromatic nitrogens is 2. The van der Waals surface area contributed by atoms with Crippen LogP contribution in [-0.2, 0) is 0 Å². The highest BCUT2D eigenvalue weighted by molar-refractivity contribution is 6.43. The topological polar surface area (TPSA) is 29.9 Å². The first-order chi connectivity index (χ1) is 10.1. The summed E-state index contributed by atoms with van der Waals surface area (Å²) in [6, 6.07) is 3.90. The zero-order valence-electron chi connectivity index (χ0n) is 11.5. The lowest BCUT2D eigenvalue weighted by molar-refractivity contribution is 0.460. The average molecular weight is 345 g/mol. The maximum Gasteiger partial charge on any atom is 0.207 e. The fourth-order valence-corrected chi connectivity index (χ4v) is 3.36. The van der Waals surface area contributed by atoms with Crippen LogP contribution in [0.15, 0.2) is 24.5 Å². The number of halogens is 3. The summed E-state index contributed by atoms with van der Waals surface area (Å²) >= 11 is 18.4. The summed E-state index contributed by atoms with van der Waals surface area (Å²) in [6.07, 6.45) is 9.85. The van der Waals surface area contributed by atoms with Crippen molar-refractivity contribution in [2.75, 3.05) is 5.32 Å². The van der Waals surface area contributed by atoms with Crippen molar-refractivity contribution in [2.45, 2.75) is 38.1 Å². The molecule has 3 nitrogen and oxygen atoms in total. The van der Waals surface area contributed by atoms with Gasteiger partial charge in [0.05, 0.1) is 20.8 Å². The van der Waals surface area contributed by atoms with Gasteiger partial charge in [-0.05, 0) is 25.0 Å². The minimum absolute atomic E-state index is 0.451. The fourth-order valence-electron chi connectivity index (χ4n) is 2.73. The molecule has 0 spiro atoms. The molecule has 1 fully saturated rings. The second kappa shape index (κ2) is 6.47. The van der Waals surface area contributed by atoms with E-state index in [2.05, 4.69) is 10.3 Å². The molecule has 1 aromatic carbocycles. The maximum atomic E-state index is 6.29. The molecular weight excluding hydrogens is 329 g/mol. The lowest BCUT2D eigenvalue weighted by Gasteiger charge is -2.24. The zero-order valence-corrected chi connectivity index (χ0v) is 13.7. The second-order valence-electron chi connectivity index (χ2n) is 5.32. The van der Waals surface area contributed by atoms with Crippen molar-refractivity contribution in [2.24, 2.45) is 0 Å². The Bertz CT molecular complexity index is 633. The number of hydrogen-bond donors (Lipinski definition) is 1. The maximum absolute atomic E-state index is 6.29. The van der Waals surface area contributed by atoms with Gasteiger partial charge in [-0.1, -0.05) is 54.1 Å². The van der Waals surface area contributed by atoms with Crippen molar-refractivity contribution >= 4 is 40.8 Å². The smallest absolute Gasteiger partial charge is 0.207 e. The highest BCUT2D eigenvalue weighted by atomic mass is 35.5. The first-order valence-corrected chi connectivity index (χ1v) is 8.23. The van der Waals surface area contributed by atoms with Gasteiger partial charge in [-0.15, -0.1) is 0 Å². The Kier molecular flexibility index (Phi) is 4.63. The predicted octanol–water partition coefficient (Wildman–Crippen LogP) is 5.58. The number of rotatable bonds is 3. The van der Waals surface area contributed by atoms with Crippen LogP contribution in [0.3, 0.4) is 0 Å². The molecule has 0 saturated heterocycles. The van der Waals surface area contributed by atoms with E-state index >= 15 is 0 Å². The van der Waals surface area contributed by atoms with Crippen molar-refractivity contribution in [3.8, 4) is 5.69 Å². The molecule has 2 aromatic rings. The molecule has 1 aromatic heterocycles. The van der Waals surface area contributed by atoms with Gasteiger partial charge in [0.15, 0.2) is 0 Å². The van der Waals surface area contributed by atoms with Crippen LogP contribution in [0, 0.1) is 0 Å². The summed E-state index contributed by atoms with van der Waals surface area (Å²) in [6.45, 7) is 0. The largest absolute Gasteiger partial charge is 0.353 e. The van der Waals surface area contributed by atoms with Gasteiger partial charge >= 0.3 is 0 Å². The van der Waals surface area contributed by atoms with Crippen molar-refractivity contribution in [1.29, 1.82) is 0 Å². The molecule has 1 aliphatic rings. The van der Waals surface area contributed by atoms with Crippen LogP contribution in [-0.4, -0.2) is 15.6 Å². The van der Waals surface area contributed by atoms with Crippen LogP contribution in [0.4, 0.5) is 5.95 Å². The highest BCUT2D eigenvalue weighted by Crippen LogP contribution is 2.33. The number of nitrogens with zero attached hydrogens (tertiary/aromatic N) is 2. The molecule has 1 N–H and O–H groups in total. The standard InChI is InChI=1S/C15H16Cl3N3/c16-11-8-13(18)14(9-12(11)17)21-7-6-19-15(21)20-10-4-2-1-3-5-10/h6-10H,1-5H2,(H,19,20). The van der Waals surface area contributed by atoms with Gasteiger partial charge in [0, 0.05) is 18.4 Å². The Morgan fingerprint density at radius 1 is 1.00 bits per heavy atom. The highest BCUT2D eigenvalue weighted by Gasteiger charge is 2.17. The van der Waals surface area contributed by atoms with Crippen molar-refractivity contribution in [1.82, 2.24) is 9.55 Å². The molecule has 21 heavy (non-hydrogen) atoms. The number of benzene rings is 1. The normalized spacial score (nSPS) is 16.1. The Balaban J connectivity index is 1.89.